The molecule has 0 aliphatic carbocycles. The molecule has 1 heterocycles. The highest BCUT2D eigenvalue weighted by Gasteiger charge is 2.17. The van der Waals surface area contributed by atoms with Crippen LogP contribution in [0.15, 0.2) is 24.3 Å². The number of carbonyl (C=O) groups is 1. The first kappa shape index (κ1) is 11.7. The van der Waals surface area contributed by atoms with E-state index >= 15 is 0 Å². The number of hydrogen-bond acceptors (Lipinski definition) is 3. The molecule has 0 amide bonds. The first-order valence-corrected chi connectivity index (χ1v) is 6.82. The average molecular weight is 235 g/mol. The molecule has 0 bridgehead atoms. The van der Waals surface area contributed by atoms with Crippen molar-refractivity contribution in [3.8, 4) is 0 Å². The Hall–Kier alpha value is -0.800. The van der Waals surface area contributed by atoms with Gasteiger partial charge in [0.1, 0.15) is 0 Å². The van der Waals surface area contributed by atoms with Gasteiger partial charge in [-0.25, -0.2) is 0 Å². The third-order valence-electron chi connectivity index (χ3n) is 2.80. The highest BCUT2D eigenvalue weighted by atomic mass is 32.2. The summed E-state index contributed by atoms with van der Waals surface area (Å²) >= 11 is 1.93. The van der Waals surface area contributed by atoms with E-state index in [1.165, 1.54) is 5.56 Å². The number of nitrogens with one attached hydrogen (secondary N) is 1. The predicted octanol–water partition coefficient (Wildman–Crippen LogP) is 2.27. The predicted molar refractivity (Wildman–Crippen MR) is 69.2 cm³/mol. The summed E-state index contributed by atoms with van der Waals surface area (Å²) < 4.78 is 0. The molecule has 1 aliphatic rings. The molecule has 86 valence electrons. The van der Waals surface area contributed by atoms with Crippen molar-refractivity contribution >= 4 is 17.5 Å². The van der Waals surface area contributed by atoms with Gasteiger partial charge in [-0.05, 0) is 6.92 Å². The zero-order valence-electron chi connectivity index (χ0n) is 9.53. The molecule has 1 N–H and O–H groups in total. The molecule has 16 heavy (non-hydrogen) atoms. The Morgan fingerprint density at radius 1 is 1.44 bits per heavy atom. The average Bonchev–Trinajstić information content (AvgIpc) is 2.31. The lowest BCUT2D eigenvalue weighted by Gasteiger charge is -2.22. The van der Waals surface area contributed by atoms with Gasteiger partial charge in [-0.1, -0.05) is 29.8 Å². The molecule has 1 aromatic rings. The summed E-state index contributed by atoms with van der Waals surface area (Å²) in [5, 5.41) is 3.39. The van der Waals surface area contributed by atoms with Crippen LogP contribution in [0.4, 0.5) is 0 Å². The van der Waals surface area contributed by atoms with Crippen molar-refractivity contribution in [1.29, 1.82) is 0 Å². The fourth-order valence-corrected chi connectivity index (χ4v) is 2.78. The lowest BCUT2D eigenvalue weighted by Crippen LogP contribution is -2.38. The van der Waals surface area contributed by atoms with E-state index in [2.05, 4.69) is 5.32 Å². The number of aryl methyl sites for hydroxylation is 1. The van der Waals surface area contributed by atoms with Crippen molar-refractivity contribution in [3.05, 3.63) is 35.4 Å². The normalized spacial score (nSPS) is 20.7. The minimum Gasteiger partial charge on any atom is -0.312 e. The van der Waals surface area contributed by atoms with Crippen molar-refractivity contribution in [1.82, 2.24) is 5.32 Å². The molecule has 0 aromatic heterocycles. The minimum absolute atomic E-state index is 0.250. The summed E-state index contributed by atoms with van der Waals surface area (Å²) in [6, 6.07) is 8.20. The zero-order valence-corrected chi connectivity index (χ0v) is 10.3. The van der Waals surface area contributed by atoms with Crippen LogP contribution in [0, 0.1) is 6.92 Å². The number of Topliss-reactive ketones (excluding diaryl/α,β-unsaturated/α-hetero) is 1. The van der Waals surface area contributed by atoms with Gasteiger partial charge in [-0.2, -0.15) is 11.8 Å². The quantitative estimate of drug-likeness (QED) is 0.815. The maximum absolute atomic E-state index is 12.0. The van der Waals surface area contributed by atoms with E-state index in [0.29, 0.717) is 12.5 Å². The first-order chi connectivity index (χ1) is 7.75. The highest BCUT2D eigenvalue weighted by molar-refractivity contribution is 7.99. The lowest BCUT2D eigenvalue weighted by atomic mass is 10.0. The van der Waals surface area contributed by atoms with Crippen LogP contribution in [-0.4, -0.2) is 29.9 Å². The Bertz CT molecular complexity index is 355. The monoisotopic (exact) mass is 235 g/mol. The number of benzene rings is 1. The van der Waals surface area contributed by atoms with Crippen LogP contribution in [0.1, 0.15) is 22.3 Å². The Kier molecular flexibility index (Phi) is 4.02. The molecule has 1 aromatic carbocycles. The van der Waals surface area contributed by atoms with Crippen LogP contribution in [0.2, 0.25) is 0 Å². The van der Waals surface area contributed by atoms with Crippen LogP contribution in [0.25, 0.3) is 0 Å². The Labute approximate surface area is 101 Å². The molecule has 0 saturated carbocycles. The maximum Gasteiger partial charge on any atom is 0.164 e. The van der Waals surface area contributed by atoms with Gasteiger partial charge in [0, 0.05) is 36.1 Å². The minimum atomic E-state index is 0.250. The van der Waals surface area contributed by atoms with Crippen LogP contribution >= 0.6 is 11.8 Å². The lowest BCUT2D eigenvalue weighted by molar-refractivity contribution is 0.0972. The SMILES string of the molecule is Cc1ccc(C(=O)CC2CSCCN2)cc1. The first-order valence-electron chi connectivity index (χ1n) is 5.67. The fourth-order valence-electron chi connectivity index (χ4n) is 1.83. The van der Waals surface area contributed by atoms with Crippen LogP contribution in [-0.2, 0) is 0 Å². The van der Waals surface area contributed by atoms with E-state index in [4.69, 9.17) is 0 Å². The molecule has 3 heteroatoms. The van der Waals surface area contributed by atoms with E-state index in [0.717, 1.165) is 23.6 Å². The number of ketones is 1. The fraction of sp³-hybridized carbons (Fsp3) is 0.462. The molecular weight excluding hydrogens is 218 g/mol. The topological polar surface area (TPSA) is 29.1 Å². The molecule has 1 saturated heterocycles. The maximum atomic E-state index is 12.0. The standard InChI is InChI=1S/C13H17NOS/c1-10-2-4-11(5-3-10)13(15)8-12-9-16-7-6-14-12/h2-5,12,14H,6-9H2,1H3. The van der Waals surface area contributed by atoms with Gasteiger partial charge in [-0.3, -0.25) is 4.79 Å². The smallest absolute Gasteiger partial charge is 0.164 e. The van der Waals surface area contributed by atoms with Crippen LogP contribution < -0.4 is 5.32 Å². The summed E-state index contributed by atoms with van der Waals surface area (Å²) in [4.78, 5) is 12.0. The second-order valence-electron chi connectivity index (χ2n) is 4.22. The summed E-state index contributed by atoms with van der Waals surface area (Å²) in [6.45, 7) is 3.06. The largest absolute Gasteiger partial charge is 0.312 e. The molecular formula is C13H17NOS. The van der Waals surface area contributed by atoms with Crippen molar-refractivity contribution in [2.75, 3.05) is 18.1 Å². The van der Waals surface area contributed by atoms with Crippen LogP contribution in [0.5, 0.6) is 0 Å². The van der Waals surface area contributed by atoms with Gasteiger partial charge in [0.25, 0.3) is 0 Å². The van der Waals surface area contributed by atoms with E-state index in [1.807, 2.05) is 43.0 Å². The van der Waals surface area contributed by atoms with Crippen LogP contribution in [0.3, 0.4) is 0 Å². The van der Waals surface area contributed by atoms with E-state index in [1.54, 1.807) is 0 Å². The third-order valence-corrected chi connectivity index (χ3v) is 3.93. The molecule has 1 atom stereocenters. The van der Waals surface area contributed by atoms with Crippen molar-refractivity contribution in [2.45, 2.75) is 19.4 Å². The number of rotatable bonds is 3. The van der Waals surface area contributed by atoms with Crippen molar-refractivity contribution in [2.24, 2.45) is 0 Å². The second kappa shape index (κ2) is 5.51. The molecule has 2 nitrogen and oxygen atoms in total. The molecule has 1 aliphatic heterocycles. The zero-order chi connectivity index (χ0) is 11.4. The van der Waals surface area contributed by atoms with E-state index in [9.17, 15) is 4.79 Å². The highest BCUT2D eigenvalue weighted by Crippen LogP contribution is 2.13. The van der Waals surface area contributed by atoms with Gasteiger partial charge in [0.15, 0.2) is 5.78 Å². The summed E-state index contributed by atoms with van der Waals surface area (Å²) in [6.07, 6.45) is 0.621. The van der Waals surface area contributed by atoms with Gasteiger partial charge >= 0.3 is 0 Å². The number of thioether (sulfide) groups is 1. The van der Waals surface area contributed by atoms with E-state index in [-0.39, 0.29) is 5.78 Å². The molecule has 2 rings (SSSR count). The van der Waals surface area contributed by atoms with Crippen molar-refractivity contribution < 1.29 is 4.79 Å². The number of carbonyl (C=O) groups excluding carboxylic acids is 1. The molecule has 0 radical (unpaired) electrons. The second-order valence-corrected chi connectivity index (χ2v) is 5.37. The Morgan fingerprint density at radius 3 is 2.81 bits per heavy atom. The summed E-state index contributed by atoms with van der Waals surface area (Å²) in [5.41, 5.74) is 2.03. The van der Waals surface area contributed by atoms with Gasteiger partial charge in [0.2, 0.25) is 0 Å². The van der Waals surface area contributed by atoms with Gasteiger partial charge in [0.05, 0.1) is 0 Å². The Morgan fingerprint density at radius 2 is 2.19 bits per heavy atom. The van der Waals surface area contributed by atoms with Gasteiger partial charge in [-0.15, -0.1) is 0 Å². The molecule has 0 spiro atoms. The van der Waals surface area contributed by atoms with E-state index < -0.39 is 0 Å². The molecule has 1 unspecified atom stereocenters. The summed E-state index contributed by atoms with van der Waals surface area (Å²) in [5.74, 6) is 2.47. The number of hydrogen-bond donors (Lipinski definition) is 1. The Balaban J connectivity index is 1.94. The van der Waals surface area contributed by atoms with Gasteiger partial charge < -0.3 is 5.32 Å². The third kappa shape index (κ3) is 3.09. The summed E-state index contributed by atoms with van der Waals surface area (Å²) in [7, 11) is 0. The molecule has 1 fully saturated rings. The van der Waals surface area contributed by atoms with Crippen molar-refractivity contribution in [3.63, 3.8) is 0 Å².